The van der Waals surface area contributed by atoms with Crippen LogP contribution in [0.25, 0.3) is 0 Å². The van der Waals surface area contributed by atoms with E-state index in [1.807, 2.05) is 19.9 Å². The Morgan fingerprint density at radius 2 is 2.14 bits per heavy atom. The van der Waals surface area contributed by atoms with Crippen LogP contribution in [0.1, 0.15) is 42.1 Å². The van der Waals surface area contributed by atoms with Gasteiger partial charge in [0.25, 0.3) is 0 Å². The zero-order valence-corrected chi connectivity index (χ0v) is 13.0. The van der Waals surface area contributed by atoms with Crippen molar-refractivity contribution in [1.82, 2.24) is 15.1 Å². The molecule has 118 valence electrons. The molecule has 0 unspecified atom stereocenters. The van der Waals surface area contributed by atoms with E-state index in [4.69, 9.17) is 13.6 Å². The molecule has 6 nitrogen and oxygen atoms in total. The van der Waals surface area contributed by atoms with Gasteiger partial charge in [-0.1, -0.05) is 0 Å². The van der Waals surface area contributed by atoms with E-state index in [0.29, 0.717) is 11.9 Å². The van der Waals surface area contributed by atoms with E-state index < -0.39 is 0 Å². The number of nitrogens with zero attached hydrogens (tertiary/aromatic N) is 3. The first-order chi connectivity index (χ1) is 10.7. The van der Waals surface area contributed by atoms with Crippen molar-refractivity contribution >= 4 is 0 Å². The van der Waals surface area contributed by atoms with Gasteiger partial charge in [0, 0.05) is 26.1 Å². The first kappa shape index (κ1) is 14.0. The Morgan fingerprint density at radius 3 is 2.86 bits per heavy atom. The van der Waals surface area contributed by atoms with Crippen LogP contribution in [0.2, 0.25) is 0 Å². The molecule has 0 aliphatic carbocycles. The minimum atomic E-state index is 0.233. The number of ether oxygens (including phenoxy) is 1. The Kier molecular flexibility index (Phi) is 3.50. The predicted octanol–water partition coefficient (Wildman–Crippen LogP) is 2.43. The van der Waals surface area contributed by atoms with E-state index in [1.54, 1.807) is 0 Å². The summed E-state index contributed by atoms with van der Waals surface area (Å²) in [6.07, 6.45) is 2.29. The summed E-state index contributed by atoms with van der Waals surface area (Å²) < 4.78 is 17.3. The smallest absolute Gasteiger partial charge is 0.220 e. The van der Waals surface area contributed by atoms with Crippen LogP contribution in [0.3, 0.4) is 0 Å². The van der Waals surface area contributed by atoms with Crippen molar-refractivity contribution in [2.24, 2.45) is 0 Å². The van der Waals surface area contributed by atoms with Gasteiger partial charge in [-0.15, -0.1) is 10.2 Å². The first-order valence-electron chi connectivity index (χ1n) is 7.90. The summed E-state index contributed by atoms with van der Waals surface area (Å²) in [5.74, 6) is 3.54. The van der Waals surface area contributed by atoms with E-state index in [0.717, 1.165) is 49.9 Å². The number of rotatable bonds is 3. The summed E-state index contributed by atoms with van der Waals surface area (Å²) in [5.41, 5.74) is 0. The molecule has 0 spiro atoms. The molecular weight excluding hydrogens is 282 g/mol. The van der Waals surface area contributed by atoms with Gasteiger partial charge in [-0.05, 0) is 31.9 Å². The SMILES string of the molecule is Cc1ccc(CN2C[C@H](c3nnc(C)o3)C[C@H]3OCC[C@H]32)o1. The van der Waals surface area contributed by atoms with Crippen LogP contribution >= 0.6 is 0 Å². The zero-order valence-electron chi connectivity index (χ0n) is 13.0. The number of likely N-dealkylation sites (tertiary alicyclic amines) is 1. The number of aromatic nitrogens is 2. The quantitative estimate of drug-likeness (QED) is 0.867. The molecule has 0 N–H and O–H groups in total. The lowest BCUT2D eigenvalue weighted by Gasteiger charge is -2.39. The van der Waals surface area contributed by atoms with Gasteiger partial charge in [-0.3, -0.25) is 4.90 Å². The average Bonchev–Trinajstić information content (AvgIpc) is 3.20. The van der Waals surface area contributed by atoms with Crippen LogP contribution in [0.15, 0.2) is 21.0 Å². The molecule has 0 radical (unpaired) electrons. The Hall–Kier alpha value is -1.66. The largest absolute Gasteiger partial charge is 0.465 e. The molecule has 2 aromatic rings. The number of furan rings is 1. The molecule has 2 saturated heterocycles. The number of fused-ring (bicyclic) bond motifs is 1. The molecule has 6 heteroatoms. The second kappa shape index (κ2) is 5.52. The lowest BCUT2D eigenvalue weighted by atomic mass is 9.90. The predicted molar refractivity (Wildman–Crippen MR) is 78.4 cm³/mol. The standard InChI is InChI=1S/C16H21N3O3/c1-10-3-4-13(21-10)9-19-8-12(16-18-17-11(2)22-16)7-15-14(19)5-6-20-15/h3-4,12,14-15H,5-9H2,1-2H3/t12-,14-,15-/m1/s1. The number of hydrogen-bond donors (Lipinski definition) is 0. The minimum Gasteiger partial charge on any atom is -0.465 e. The van der Waals surface area contributed by atoms with Crippen molar-refractivity contribution in [1.29, 1.82) is 0 Å². The Bertz CT molecular complexity index is 651. The second-order valence-electron chi connectivity index (χ2n) is 6.30. The fourth-order valence-electron chi connectivity index (χ4n) is 3.66. The molecule has 0 saturated carbocycles. The van der Waals surface area contributed by atoms with E-state index in [2.05, 4.69) is 21.2 Å². The summed E-state index contributed by atoms with van der Waals surface area (Å²) in [5, 5.41) is 8.17. The summed E-state index contributed by atoms with van der Waals surface area (Å²) in [7, 11) is 0. The fraction of sp³-hybridized carbons (Fsp3) is 0.625. The van der Waals surface area contributed by atoms with Crippen LogP contribution in [0.5, 0.6) is 0 Å². The third-order valence-corrected chi connectivity index (χ3v) is 4.66. The fourth-order valence-corrected chi connectivity index (χ4v) is 3.66. The molecule has 2 aliphatic heterocycles. The van der Waals surface area contributed by atoms with Crippen molar-refractivity contribution < 1.29 is 13.6 Å². The lowest BCUT2D eigenvalue weighted by molar-refractivity contribution is 0.00670. The molecule has 2 aromatic heterocycles. The molecule has 0 amide bonds. The van der Waals surface area contributed by atoms with Gasteiger partial charge in [-0.25, -0.2) is 0 Å². The molecule has 22 heavy (non-hydrogen) atoms. The van der Waals surface area contributed by atoms with Gasteiger partial charge < -0.3 is 13.6 Å². The third-order valence-electron chi connectivity index (χ3n) is 4.66. The maximum absolute atomic E-state index is 5.93. The van der Waals surface area contributed by atoms with Gasteiger partial charge in [-0.2, -0.15) is 0 Å². The third kappa shape index (κ3) is 2.57. The zero-order chi connectivity index (χ0) is 15.1. The maximum atomic E-state index is 5.93. The van der Waals surface area contributed by atoms with Crippen LogP contribution in [-0.2, 0) is 11.3 Å². The molecule has 4 rings (SSSR count). The molecular formula is C16H21N3O3. The topological polar surface area (TPSA) is 64.5 Å². The second-order valence-corrected chi connectivity index (χ2v) is 6.30. The summed E-state index contributed by atoms with van der Waals surface area (Å²) in [6, 6.07) is 4.53. The number of piperidine rings is 1. The van der Waals surface area contributed by atoms with E-state index >= 15 is 0 Å². The van der Waals surface area contributed by atoms with Crippen molar-refractivity contribution in [3.05, 3.63) is 35.4 Å². The van der Waals surface area contributed by atoms with Crippen LogP contribution in [0.4, 0.5) is 0 Å². The van der Waals surface area contributed by atoms with Crippen LogP contribution < -0.4 is 0 Å². The van der Waals surface area contributed by atoms with Crippen molar-refractivity contribution in [2.45, 2.75) is 51.3 Å². The maximum Gasteiger partial charge on any atom is 0.220 e. The van der Waals surface area contributed by atoms with Crippen molar-refractivity contribution in [3.63, 3.8) is 0 Å². The average molecular weight is 303 g/mol. The molecule has 2 aliphatic rings. The molecule has 0 bridgehead atoms. The Morgan fingerprint density at radius 1 is 1.23 bits per heavy atom. The van der Waals surface area contributed by atoms with E-state index in [1.165, 1.54) is 0 Å². The minimum absolute atomic E-state index is 0.233. The monoisotopic (exact) mass is 303 g/mol. The van der Waals surface area contributed by atoms with Gasteiger partial charge in [0.1, 0.15) is 11.5 Å². The number of hydrogen-bond acceptors (Lipinski definition) is 6. The molecule has 3 atom stereocenters. The summed E-state index contributed by atoms with van der Waals surface area (Å²) in [6.45, 7) is 6.36. The van der Waals surface area contributed by atoms with E-state index in [9.17, 15) is 0 Å². The molecule has 2 fully saturated rings. The lowest BCUT2D eigenvalue weighted by Crippen LogP contribution is -2.48. The number of aryl methyl sites for hydroxylation is 2. The van der Waals surface area contributed by atoms with Gasteiger partial charge >= 0.3 is 0 Å². The Labute approximate surface area is 129 Å². The van der Waals surface area contributed by atoms with Crippen LogP contribution in [-0.4, -0.2) is 40.4 Å². The van der Waals surface area contributed by atoms with Gasteiger partial charge in [0.2, 0.25) is 11.8 Å². The van der Waals surface area contributed by atoms with Gasteiger partial charge in [0.05, 0.1) is 18.6 Å². The highest BCUT2D eigenvalue weighted by Gasteiger charge is 2.42. The molecule has 0 aromatic carbocycles. The van der Waals surface area contributed by atoms with Crippen LogP contribution in [0, 0.1) is 13.8 Å². The normalized spacial score (nSPS) is 28.9. The Balaban J connectivity index is 1.55. The van der Waals surface area contributed by atoms with Gasteiger partial charge in [0.15, 0.2) is 0 Å². The molecule has 4 heterocycles. The highest BCUT2D eigenvalue weighted by molar-refractivity contribution is 5.08. The highest BCUT2D eigenvalue weighted by Crippen LogP contribution is 2.36. The van der Waals surface area contributed by atoms with E-state index in [-0.39, 0.29) is 12.0 Å². The summed E-state index contributed by atoms with van der Waals surface area (Å²) in [4.78, 5) is 2.45. The summed E-state index contributed by atoms with van der Waals surface area (Å²) >= 11 is 0. The van der Waals surface area contributed by atoms with Crippen molar-refractivity contribution in [2.75, 3.05) is 13.2 Å². The van der Waals surface area contributed by atoms with Crippen molar-refractivity contribution in [3.8, 4) is 0 Å². The first-order valence-corrected chi connectivity index (χ1v) is 7.90. The highest BCUT2D eigenvalue weighted by atomic mass is 16.5.